The third-order valence-corrected chi connectivity index (χ3v) is 16.4. The van der Waals surface area contributed by atoms with Gasteiger partial charge in [-0.2, -0.15) is 19.9 Å². The first kappa shape index (κ1) is 45.4. The number of rotatable bonds is 17. The molecule has 0 bridgehead atoms. The summed E-state index contributed by atoms with van der Waals surface area (Å²) in [6.07, 6.45) is 5.74. The molecule has 2 aliphatic carbocycles. The first-order valence-electron chi connectivity index (χ1n) is 20.1. The number of esters is 1. The molecule has 2 aliphatic heterocycles. The summed E-state index contributed by atoms with van der Waals surface area (Å²) in [5.74, 6) is -1.02. The number of hydroxylamine groups is 4. The van der Waals surface area contributed by atoms with E-state index in [-0.39, 0.29) is 37.8 Å². The van der Waals surface area contributed by atoms with E-state index in [1.54, 1.807) is 31.4 Å². The highest BCUT2D eigenvalue weighted by Gasteiger charge is 2.52. The van der Waals surface area contributed by atoms with Crippen molar-refractivity contribution in [2.75, 3.05) is 45.4 Å². The van der Waals surface area contributed by atoms with Crippen LogP contribution < -0.4 is 9.47 Å². The lowest BCUT2D eigenvalue weighted by atomic mass is 9.96. The Morgan fingerprint density at radius 1 is 0.817 bits per heavy atom. The number of carbonyl (C=O) groups is 3. The molecule has 4 atom stereocenters. The molecule has 328 valence electrons. The summed E-state index contributed by atoms with van der Waals surface area (Å²) < 4.78 is 71.0. The third kappa shape index (κ3) is 10.5. The SMILES string of the molecule is CCOC(=O)C1CC1C(CS(=O)(=O)N1CCc2cc(OC)c(OC)cc2C1)N(O)C=O.O=CN(O)C(CS(=O)(=O)N1CCc2ccc(-c3ccsc3)cc2C1)C1CCCC1. The molecule has 0 radical (unpaired) electrons. The molecule has 0 spiro atoms. The van der Waals surface area contributed by atoms with Gasteiger partial charge >= 0.3 is 5.97 Å². The average molecular weight is 891 g/mol. The van der Waals surface area contributed by atoms with E-state index in [9.17, 15) is 41.6 Å². The molecule has 16 nitrogen and oxygen atoms in total. The standard InChI is InChI=1S/C21H26N2O4S2.C20H28N2O8S/c24-15-23(25)21(17-3-1-2-4-17)14-29(26,27)22-9-7-16-5-6-18(11-20(16)12-22)19-8-10-28-13-19;1-4-30-20(24)16-9-15(16)17(22(25)12-23)11-31(26,27)21-6-5-13-7-18(28-2)19(29-3)8-14(13)10-21/h5-6,8,10-11,13,15,17,21,25H,1-4,7,9,12,14H2;7-8,12,15-17,25H,4-6,9-11H2,1-3H3. The number of ether oxygens (including phenoxy) is 3. The monoisotopic (exact) mass is 890 g/mol. The van der Waals surface area contributed by atoms with Crippen molar-refractivity contribution in [3.63, 3.8) is 0 Å². The highest BCUT2D eigenvalue weighted by molar-refractivity contribution is 7.89. The number of amides is 2. The zero-order valence-corrected chi connectivity index (χ0v) is 36.5. The van der Waals surface area contributed by atoms with Crippen LogP contribution in [0.5, 0.6) is 11.5 Å². The Labute approximate surface area is 355 Å². The maximum absolute atomic E-state index is 13.2. The smallest absolute Gasteiger partial charge is 0.309 e. The Bertz CT molecular complexity index is 2200. The van der Waals surface area contributed by atoms with Gasteiger partial charge in [-0.1, -0.05) is 25.0 Å². The number of carbonyl (C=O) groups excluding carboxylic acids is 3. The van der Waals surface area contributed by atoms with Crippen molar-refractivity contribution >= 4 is 50.2 Å². The summed E-state index contributed by atoms with van der Waals surface area (Å²) in [5, 5.41) is 25.1. The Kier molecular flexibility index (Phi) is 14.9. The molecule has 4 unspecified atom stereocenters. The second kappa shape index (κ2) is 19.7. The fourth-order valence-electron chi connectivity index (χ4n) is 8.60. The van der Waals surface area contributed by atoms with E-state index in [4.69, 9.17) is 14.2 Å². The van der Waals surface area contributed by atoms with Crippen molar-refractivity contribution in [2.24, 2.45) is 17.8 Å². The van der Waals surface area contributed by atoms with Crippen LogP contribution in [0.2, 0.25) is 0 Å². The highest BCUT2D eigenvalue weighted by atomic mass is 32.2. The molecule has 3 heterocycles. The van der Waals surface area contributed by atoms with E-state index in [2.05, 4.69) is 29.6 Å². The molecule has 2 fully saturated rings. The lowest BCUT2D eigenvalue weighted by molar-refractivity contribution is -0.162. The van der Waals surface area contributed by atoms with Crippen molar-refractivity contribution < 1.29 is 55.8 Å². The van der Waals surface area contributed by atoms with Gasteiger partial charge in [0.05, 0.1) is 50.3 Å². The number of fused-ring (bicyclic) bond motifs is 2. The molecule has 2 amide bonds. The molecular weight excluding hydrogens is 837 g/mol. The zero-order chi connectivity index (χ0) is 43.2. The largest absolute Gasteiger partial charge is 0.493 e. The number of benzene rings is 2. The normalized spacial score (nSPS) is 20.4. The first-order valence-corrected chi connectivity index (χ1v) is 24.2. The predicted molar refractivity (Wildman–Crippen MR) is 222 cm³/mol. The number of sulfonamides is 2. The summed E-state index contributed by atoms with van der Waals surface area (Å²) in [6.45, 7) is 3.05. The van der Waals surface area contributed by atoms with Crippen LogP contribution in [-0.4, -0.2) is 122 Å². The molecule has 7 rings (SSSR count). The molecule has 19 heteroatoms. The molecule has 2 saturated carbocycles. The van der Waals surface area contributed by atoms with E-state index in [0.717, 1.165) is 53.5 Å². The van der Waals surface area contributed by atoms with Crippen molar-refractivity contribution in [2.45, 2.75) is 77.0 Å². The van der Waals surface area contributed by atoms with Crippen LogP contribution in [0.3, 0.4) is 0 Å². The summed E-state index contributed by atoms with van der Waals surface area (Å²) in [7, 11) is -4.39. The summed E-state index contributed by atoms with van der Waals surface area (Å²) in [6, 6.07) is 10.2. The second-order valence-electron chi connectivity index (χ2n) is 15.6. The number of thiophene rings is 1. The summed E-state index contributed by atoms with van der Waals surface area (Å²) in [5.41, 5.74) is 6.21. The Hall–Kier alpha value is -4.11. The van der Waals surface area contributed by atoms with Gasteiger partial charge < -0.3 is 14.2 Å². The van der Waals surface area contributed by atoms with Crippen molar-refractivity contribution in [1.82, 2.24) is 18.7 Å². The molecular formula is C41H54N4O12S3. The van der Waals surface area contributed by atoms with Crippen LogP contribution in [0.1, 0.15) is 61.3 Å². The zero-order valence-electron chi connectivity index (χ0n) is 34.1. The van der Waals surface area contributed by atoms with Gasteiger partial charge in [0, 0.05) is 26.2 Å². The Morgan fingerprint density at radius 3 is 1.95 bits per heavy atom. The van der Waals surface area contributed by atoms with Crippen LogP contribution in [0.25, 0.3) is 11.1 Å². The predicted octanol–water partition coefficient (Wildman–Crippen LogP) is 4.32. The van der Waals surface area contributed by atoms with Crippen molar-refractivity contribution in [3.05, 3.63) is 69.4 Å². The molecule has 60 heavy (non-hydrogen) atoms. The topological polar surface area (TPSA) is 201 Å². The van der Waals surface area contributed by atoms with Gasteiger partial charge in [0.2, 0.25) is 32.9 Å². The maximum atomic E-state index is 13.2. The number of methoxy groups -OCH3 is 2. The minimum Gasteiger partial charge on any atom is -0.493 e. The van der Waals surface area contributed by atoms with Crippen LogP contribution >= 0.6 is 11.3 Å². The van der Waals surface area contributed by atoms with E-state index < -0.39 is 55.7 Å². The Balaban J connectivity index is 0.000000202. The van der Waals surface area contributed by atoms with Crippen LogP contribution in [0.4, 0.5) is 0 Å². The van der Waals surface area contributed by atoms with Gasteiger partial charge in [0.25, 0.3) is 0 Å². The van der Waals surface area contributed by atoms with E-state index in [1.807, 2.05) is 11.4 Å². The maximum Gasteiger partial charge on any atom is 0.309 e. The van der Waals surface area contributed by atoms with E-state index in [1.165, 1.54) is 21.3 Å². The second-order valence-corrected chi connectivity index (χ2v) is 20.4. The molecule has 0 saturated heterocycles. The number of hydrogen-bond donors (Lipinski definition) is 2. The fraction of sp³-hybridized carbons (Fsp3) is 0.537. The first-order chi connectivity index (χ1) is 28.7. The van der Waals surface area contributed by atoms with Gasteiger partial charge in [-0.15, -0.1) is 0 Å². The highest BCUT2D eigenvalue weighted by Crippen LogP contribution is 2.44. The number of nitrogens with zero attached hydrogens (tertiary/aromatic N) is 4. The molecule has 2 aromatic carbocycles. The Morgan fingerprint density at radius 2 is 1.38 bits per heavy atom. The van der Waals surface area contributed by atoms with Gasteiger partial charge in [-0.05, 0) is 119 Å². The minimum atomic E-state index is -3.83. The third-order valence-electron chi connectivity index (χ3n) is 12.0. The van der Waals surface area contributed by atoms with Crippen molar-refractivity contribution in [1.29, 1.82) is 0 Å². The fourth-order valence-corrected chi connectivity index (χ4v) is 12.8. The van der Waals surface area contributed by atoms with Crippen LogP contribution in [0.15, 0.2) is 47.2 Å². The van der Waals surface area contributed by atoms with Gasteiger partial charge in [0.1, 0.15) is 0 Å². The van der Waals surface area contributed by atoms with E-state index >= 15 is 0 Å². The lowest BCUT2D eigenvalue weighted by Gasteiger charge is -2.33. The van der Waals surface area contributed by atoms with Gasteiger partial charge in [-0.3, -0.25) is 24.8 Å². The molecule has 2 N–H and O–H groups in total. The van der Waals surface area contributed by atoms with Gasteiger partial charge in [0.15, 0.2) is 11.5 Å². The molecule has 4 aliphatic rings. The van der Waals surface area contributed by atoms with E-state index in [0.29, 0.717) is 60.4 Å². The number of hydrogen-bond acceptors (Lipinski definition) is 13. The van der Waals surface area contributed by atoms with Crippen LogP contribution in [0, 0.1) is 17.8 Å². The molecule has 3 aromatic rings. The van der Waals surface area contributed by atoms with Crippen LogP contribution in [-0.2, 0) is 65.1 Å². The van der Waals surface area contributed by atoms with Crippen molar-refractivity contribution in [3.8, 4) is 22.6 Å². The minimum absolute atomic E-state index is 0.0299. The summed E-state index contributed by atoms with van der Waals surface area (Å²) >= 11 is 1.64. The molecule has 1 aromatic heterocycles. The lowest BCUT2D eigenvalue weighted by Crippen LogP contribution is -2.47. The summed E-state index contributed by atoms with van der Waals surface area (Å²) in [4.78, 5) is 34.3. The van der Waals surface area contributed by atoms with Gasteiger partial charge in [-0.25, -0.2) is 27.0 Å². The average Bonchev–Trinajstić information content (AvgIpc) is 3.56. The quantitative estimate of drug-likeness (QED) is 0.0844.